The van der Waals surface area contributed by atoms with Gasteiger partial charge >= 0.3 is 5.97 Å². The fourth-order valence-electron chi connectivity index (χ4n) is 2.19. The maximum absolute atomic E-state index is 12.4. The molecule has 0 aromatic heterocycles. The van der Waals surface area contributed by atoms with E-state index in [-0.39, 0.29) is 12.3 Å². The number of rotatable bonds is 10. The Balaban J connectivity index is 2.77. The van der Waals surface area contributed by atoms with E-state index in [1.165, 1.54) is 7.11 Å². The van der Waals surface area contributed by atoms with Crippen LogP contribution in [-0.2, 0) is 4.79 Å². The average molecular weight is 351 g/mol. The molecule has 0 spiro atoms. The smallest absolute Gasteiger partial charge is 0.303 e. The van der Waals surface area contributed by atoms with Crippen LogP contribution in [0.25, 0.3) is 0 Å². The zero-order valence-corrected chi connectivity index (χ0v) is 15.7. The first-order chi connectivity index (χ1) is 11.6. The molecule has 0 bridgehead atoms. The van der Waals surface area contributed by atoms with Gasteiger partial charge < -0.3 is 19.9 Å². The monoisotopic (exact) mass is 351 g/mol. The Bertz CT molecular complexity index is 595. The fraction of sp³-hybridized carbons (Fsp3) is 0.579. The number of carboxylic acids is 1. The average Bonchev–Trinajstić information content (AvgIpc) is 2.52. The maximum Gasteiger partial charge on any atom is 0.303 e. The molecule has 0 saturated carbocycles. The Morgan fingerprint density at radius 3 is 2.48 bits per heavy atom. The fourth-order valence-corrected chi connectivity index (χ4v) is 2.19. The molecule has 2 N–H and O–H groups in total. The largest absolute Gasteiger partial charge is 0.493 e. The second-order valence-electron chi connectivity index (χ2n) is 7.13. The van der Waals surface area contributed by atoms with Crippen LogP contribution in [0.3, 0.4) is 0 Å². The number of ether oxygens (including phenoxy) is 2. The van der Waals surface area contributed by atoms with Crippen LogP contribution in [0.15, 0.2) is 18.2 Å². The predicted octanol–water partition coefficient (Wildman–Crippen LogP) is 3.49. The van der Waals surface area contributed by atoms with Gasteiger partial charge in [0.05, 0.1) is 13.7 Å². The third-order valence-electron chi connectivity index (χ3n) is 3.79. The lowest BCUT2D eigenvalue weighted by Crippen LogP contribution is -2.43. The van der Waals surface area contributed by atoms with Crippen molar-refractivity contribution in [2.75, 3.05) is 13.7 Å². The van der Waals surface area contributed by atoms with E-state index in [9.17, 15) is 9.59 Å². The van der Waals surface area contributed by atoms with Crippen LogP contribution in [0.2, 0.25) is 0 Å². The lowest BCUT2D eigenvalue weighted by Gasteiger charge is -2.25. The number of benzene rings is 1. The van der Waals surface area contributed by atoms with E-state index in [0.29, 0.717) is 36.0 Å². The first-order valence-corrected chi connectivity index (χ1v) is 8.50. The highest BCUT2D eigenvalue weighted by molar-refractivity contribution is 5.95. The molecule has 1 aromatic rings. The number of hydrogen-bond donors (Lipinski definition) is 2. The summed E-state index contributed by atoms with van der Waals surface area (Å²) in [4.78, 5) is 23.1. The zero-order chi connectivity index (χ0) is 19.0. The number of carboxylic acid groups (broad SMARTS) is 1. The van der Waals surface area contributed by atoms with Crippen molar-refractivity contribution in [3.05, 3.63) is 23.8 Å². The Morgan fingerprint density at radius 2 is 1.92 bits per heavy atom. The van der Waals surface area contributed by atoms with Crippen molar-refractivity contribution in [3.63, 3.8) is 0 Å². The summed E-state index contributed by atoms with van der Waals surface area (Å²) >= 11 is 0. The molecular weight excluding hydrogens is 322 g/mol. The number of nitrogens with one attached hydrogen (secondary N) is 1. The second kappa shape index (κ2) is 9.30. The zero-order valence-electron chi connectivity index (χ0n) is 15.7. The minimum absolute atomic E-state index is 0.000764. The molecule has 0 aliphatic carbocycles. The van der Waals surface area contributed by atoms with Crippen LogP contribution in [0.5, 0.6) is 11.5 Å². The van der Waals surface area contributed by atoms with E-state index in [4.69, 9.17) is 14.6 Å². The molecule has 0 aliphatic heterocycles. The summed E-state index contributed by atoms with van der Waals surface area (Å²) in [6.07, 6.45) is 1.28. The molecule has 0 atom stereocenters. The van der Waals surface area contributed by atoms with E-state index >= 15 is 0 Å². The van der Waals surface area contributed by atoms with Crippen molar-refractivity contribution in [2.45, 2.75) is 52.5 Å². The lowest BCUT2D eigenvalue weighted by molar-refractivity contribution is -0.137. The van der Waals surface area contributed by atoms with Crippen molar-refractivity contribution in [2.24, 2.45) is 5.92 Å². The Labute approximate surface area is 149 Å². The van der Waals surface area contributed by atoms with E-state index in [2.05, 4.69) is 19.2 Å². The molecule has 0 unspecified atom stereocenters. The van der Waals surface area contributed by atoms with Crippen molar-refractivity contribution < 1.29 is 24.2 Å². The molecule has 1 rings (SSSR count). The number of carbonyl (C=O) groups is 2. The van der Waals surface area contributed by atoms with E-state index in [1.807, 2.05) is 0 Å². The standard InChI is InChI=1S/C19H29NO5/c1-13(2)9-11-25-15-7-6-14(12-16(15)24-5)18(23)20-19(3,4)10-8-17(21)22/h6-7,12-13H,8-11H2,1-5H3,(H,20,23)(H,21,22). The van der Waals surface area contributed by atoms with Gasteiger partial charge in [0.25, 0.3) is 5.91 Å². The predicted molar refractivity (Wildman–Crippen MR) is 96.4 cm³/mol. The highest BCUT2D eigenvalue weighted by Crippen LogP contribution is 2.28. The van der Waals surface area contributed by atoms with Gasteiger partial charge in [-0.2, -0.15) is 0 Å². The van der Waals surface area contributed by atoms with Gasteiger partial charge in [-0.15, -0.1) is 0 Å². The lowest BCUT2D eigenvalue weighted by atomic mass is 9.97. The SMILES string of the molecule is COc1cc(C(=O)NC(C)(C)CCC(=O)O)ccc1OCCC(C)C. The third-order valence-corrected chi connectivity index (χ3v) is 3.79. The molecular formula is C19H29NO5. The minimum atomic E-state index is -0.883. The summed E-state index contributed by atoms with van der Waals surface area (Å²) in [6, 6.07) is 5.03. The molecule has 6 nitrogen and oxygen atoms in total. The molecule has 1 aromatic carbocycles. The van der Waals surface area contributed by atoms with Crippen LogP contribution in [0.4, 0.5) is 0 Å². The molecule has 1 amide bonds. The van der Waals surface area contributed by atoms with Crippen LogP contribution in [0, 0.1) is 5.92 Å². The highest BCUT2D eigenvalue weighted by atomic mass is 16.5. The molecule has 0 radical (unpaired) electrons. The summed E-state index contributed by atoms with van der Waals surface area (Å²) < 4.78 is 11.0. The van der Waals surface area contributed by atoms with Gasteiger partial charge in [0, 0.05) is 17.5 Å². The molecule has 0 aliphatic rings. The quantitative estimate of drug-likeness (QED) is 0.674. The van der Waals surface area contributed by atoms with E-state index in [0.717, 1.165) is 6.42 Å². The van der Waals surface area contributed by atoms with Gasteiger partial charge in [-0.1, -0.05) is 13.8 Å². The summed E-state index contributed by atoms with van der Waals surface area (Å²) in [6.45, 7) is 8.44. The number of hydrogen-bond acceptors (Lipinski definition) is 4. The van der Waals surface area contributed by atoms with Crippen molar-refractivity contribution in [3.8, 4) is 11.5 Å². The van der Waals surface area contributed by atoms with Gasteiger partial charge in [0.2, 0.25) is 0 Å². The van der Waals surface area contributed by atoms with Crippen LogP contribution in [0.1, 0.15) is 57.3 Å². The molecule has 0 heterocycles. The van der Waals surface area contributed by atoms with Gasteiger partial charge in [-0.25, -0.2) is 0 Å². The van der Waals surface area contributed by atoms with Crippen LogP contribution < -0.4 is 14.8 Å². The summed E-state index contributed by atoms with van der Waals surface area (Å²) in [5.74, 6) is 0.489. The Hall–Kier alpha value is -2.24. The Kier molecular flexibility index (Phi) is 7.74. The first kappa shape index (κ1) is 20.8. The number of aliphatic carboxylic acids is 1. The third kappa shape index (κ3) is 7.45. The van der Waals surface area contributed by atoms with Gasteiger partial charge in [-0.05, 0) is 50.8 Å². The van der Waals surface area contributed by atoms with Crippen LogP contribution >= 0.6 is 0 Å². The number of methoxy groups -OCH3 is 1. The number of amides is 1. The van der Waals surface area contributed by atoms with Crippen LogP contribution in [-0.4, -0.2) is 36.2 Å². The Morgan fingerprint density at radius 1 is 1.24 bits per heavy atom. The molecule has 6 heteroatoms. The summed E-state index contributed by atoms with van der Waals surface area (Å²) in [7, 11) is 1.53. The normalized spacial score (nSPS) is 11.3. The van der Waals surface area contributed by atoms with Crippen molar-refractivity contribution in [1.82, 2.24) is 5.32 Å². The van der Waals surface area contributed by atoms with Gasteiger partial charge in [0.15, 0.2) is 11.5 Å². The summed E-state index contributed by atoms with van der Waals surface area (Å²) in [5, 5.41) is 11.6. The van der Waals surface area contributed by atoms with Crippen molar-refractivity contribution >= 4 is 11.9 Å². The maximum atomic E-state index is 12.4. The molecule has 25 heavy (non-hydrogen) atoms. The van der Waals surface area contributed by atoms with Crippen molar-refractivity contribution in [1.29, 1.82) is 0 Å². The molecule has 0 fully saturated rings. The summed E-state index contributed by atoms with van der Waals surface area (Å²) in [5.41, 5.74) is -0.175. The van der Waals surface area contributed by atoms with E-state index in [1.54, 1.807) is 32.0 Å². The topological polar surface area (TPSA) is 84.9 Å². The van der Waals surface area contributed by atoms with Gasteiger partial charge in [0.1, 0.15) is 0 Å². The second-order valence-corrected chi connectivity index (χ2v) is 7.13. The molecule has 140 valence electrons. The first-order valence-electron chi connectivity index (χ1n) is 8.50. The van der Waals surface area contributed by atoms with Gasteiger partial charge in [-0.3, -0.25) is 9.59 Å². The molecule has 0 saturated heterocycles. The highest BCUT2D eigenvalue weighted by Gasteiger charge is 2.23. The minimum Gasteiger partial charge on any atom is -0.493 e. The van der Waals surface area contributed by atoms with E-state index < -0.39 is 11.5 Å². The number of carbonyl (C=O) groups excluding carboxylic acids is 1.